The molecule has 16 nitrogen and oxygen atoms in total. The largest absolute Gasteiger partial charge is 0.478 e. The van der Waals surface area contributed by atoms with Crippen molar-refractivity contribution in [2.24, 2.45) is 0 Å². The normalized spacial score (nSPS) is 21.8. The van der Waals surface area contributed by atoms with Crippen molar-refractivity contribution in [1.82, 2.24) is 35.0 Å². The number of hydrogen-bond donors (Lipinski definition) is 3. The molecule has 5 aliphatic rings. The molecule has 4 aliphatic heterocycles. The zero-order valence-electron chi connectivity index (χ0n) is 36.0. The molecule has 0 bridgehead atoms. The molecule has 3 N–H and O–H groups in total. The summed E-state index contributed by atoms with van der Waals surface area (Å²) in [5, 5.41) is 9.87. The summed E-state index contributed by atoms with van der Waals surface area (Å²) < 4.78 is 13.9. The SMILES string of the molecule is CNC(=O)COc1cc2cc(Nc3nc(N4CCC(OC5CC(N6CC=C(c7ccc8c(c7Cl)CN([C@@H]7CCC(=O)NC7=O)C8=O)CC6)C5)CC4)ncc3Cl)ccc2n(C(C)C)c1=O. The van der Waals surface area contributed by atoms with Gasteiger partial charge >= 0.3 is 0 Å². The van der Waals surface area contributed by atoms with E-state index in [1.807, 2.05) is 44.2 Å². The van der Waals surface area contributed by atoms with E-state index in [1.165, 1.54) is 11.9 Å². The third-order valence-electron chi connectivity index (χ3n) is 13.1. The number of amides is 4. The lowest BCUT2D eigenvalue weighted by molar-refractivity contribution is -0.137. The van der Waals surface area contributed by atoms with E-state index >= 15 is 0 Å². The summed E-state index contributed by atoms with van der Waals surface area (Å²) in [6.45, 7) is 7.05. The highest BCUT2D eigenvalue weighted by molar-refractivity contribution is 6.34. The highest BCUT2D eigenvalue weighted by Gasteiger charge is 2.41. The van der Waals surface area contributed by atoms with Crippen molar-refractivity contribution in [3.63, 3.8) is 0 Å². The lowest BCUT2D eigenvalue weighted by atomic mass is 9.85. The van der Waals surface area contributed by atoms with Crippen LogP contribution >= 0.6 is 23.2 Å². The molecule has 2 aromatic carbocycles. The number of fused-ring (bicyclic) bond motifs is 2. The molecular formula is C46H51Cl2N9O7. The molecule has 1 atom stereocenters. The first-order valence-corrected chi connectivity index (χ1v) is 22.7. The lowest BCUT2D eigenvalue weighted by Gasteiger charge is -2.45. The Labute approximate surface area is 380 Å². The summed E-state index contributed by atoms with van der Waals surface area (Å²) in [6.07, 6.45) is 9.29. The second-order valence-corrected chi connectivity index (χ2v) is 18.2. The minimum atomic E-state index is -0.676. The molecule has 18 heteroatoms. The Hall–Kier alpha value is -5.55. The average Bonchev–Trinajstić information content (AvgIpc) is 3.61. The fourth-order valence-electron chi connectivity index (χ4n) is 9.49. The molecule has 4 aromatic rings. The number of likely N-dealkylation sites (N-methyl/N-ethyl adjacent to an activating group) is 1. The van der Waals surface area contributed by atoms with Crippen LogP contribution in [0.3, 0.4) is 0 Å². The fraction of sp³-hybridized carbons (Fsp3) is 0.457. The van der Waals surface area contributed by atoms with E-state index in [-0.39, 0.29) is 66.9 Å². The van der Waals surface area contributed by atoms with Crippen molar-refractivity contribution in [1.29, 1.82) is 0 Å². The molecule has 336 valence electrons. The Morgan fingerprint density at radius 2 is 1.75 bits per heavy atom. The van der Waals surface area contributed by atoms with Crippen LogP contribution in [0.1, 0.15) is 86.3 Å². The van der Waals surface area contributed by atoms with Crippen molar-refractivity contribution >= 4 is 80.8 Å². The minimum absolute atomic E-state index is 0.0899. The number of pyridine rings is 1. The molecule has 4 amide bonds. The van der Waals surface area contributed by atoms with Gasteiger partial charge in [0.1, 0.15) is 11.1 Å². The predicted molar refractivity (Wildman–Crippen MR) is 243 cm³/mol. The van der Waals surface area contributed by atoms with E-state index in [0.29, 0.717) is 45.5 Å². The van der Waals surface area contributed by atoms with E-state index in [0.717, 1.165) is 85.9 Å². The van der Waals surface area contributed by atoms with E-state index < -0.39 is 11.9 Å². The number of imide groups is 1. The number of benzene rings is 2. The third kappa shape index (κ3) is 8.67. The van der Waals surface area contributed by atoms with Gasteiger partial charge in [0.15, 0.2) is 18.2 Å². The van der Waals surface area contributed by atoms with Gasteiger partial charge in [0.05, 0.1) is 28.9 Å². The van der Waals surface area contributed by atoms with Gasteiger partial charge in [0.2, 0.25) is 17.8 Å². The number of piperidine rings is 2. The standard InChI is InChI=1S/C46H51Cl2N9O7/c1-25(2)57-36-7-4-28(18-27(36)19-38(45(57)62)63-24-40(59)49-3)51-42-35(47)22-50-46(53-42)55-16-12-30(13-17-55)64-31-20-29(21-31)54-14-10-26(11-15-54)32-5-6-33-34(41(32)48)23-56(44(33)61)37-8-9-39(58)52-43(37)60/h4-7,10,18-19,22,25,29-31,37H,8-9,11-17,20-21,23-24H2,1-3H3,(H,49,59)(H,50,51,53)(H,52,58,60)/t29?,31?,37-/m1/s1. The molecule has 0 unspecified atom stereocenters. The van der Waals surface area contributed by atoms with Crippen LogP contribution in [0.25, 0.3) is 16.5 Å². The first-order chi connectivity index (χ1) is 30.8. The van der Waals surface area contributed by atoms with E-state index in [9.17, 15) is 24.0 Å². The summed E-state index contributed by atoms with van der Waals surface area (Å²) in [6, 6.07) is 10.7. The number of anilines is 3. The van der Waals surface area contributed by atoms with Gasteiger partial charge in [-0.2, -0.15) is 4.98 Å². The lowest BCUT2D eigenvalue weighted by Crippen LogP contribution is -2.52. The number of aromatic nitrogens is 3. The fourth-order valence-corrected chi connectivity index (χ4v) is 9.97. The van der Waals surface area contributed by atoms with E-state index in [2.05, 4.69) is 36.8 Å². The van der Waals surface area contributed by atoms with Crippen LogP contribution in [0.15, 0.2) is 53.5 Å². The monoisotopic (exact) mass is 911 g/mol. The molecule has 64 heavy (non-hydrogen) atoms. The van der Waals surface area contributed by atoms with Crippen LogP contribution in [-0.2, 0) is 25.7 Å². The minimum Gasteiger partial charge on any atom is -0.478 e. The number of halogens is 2. The summed E-state index contributed by atoms with van der Waals surface area (Å²) in [7, 11) is 1.51. The number of nitrogens with zero attached hydrogens (tertiary/aromatic N) is 6. The predicted octanol–water partition coefficient (Wildman–Crippen LogP) is 5.61. The van der Waals surface area contributed by atoms with Gasteiger partial charge in [-0.05, 0) is 93.8 Å². The van der Waals surface area contributed by atoms with E-state index in [4.69, 9.17) is 37.7 Å². The van der Waals surface area contributed by atoms with Crippen molar-refractivity contribution < 1.29 is 28.7 Å². The maximum Gasteiger partial charge on any atom is 0.293 e. The Balaban J connectivity index is 0.760. The topological polar surface area (TPSA) is 180 Å². The quantitative estimate of drug-likeness (QED) is 0.150. The Kier molecular flexibility index (Phi) is 12.4. The van der Waals surface area contributed by atoms with Crippen LogP contribution in [0, 0.1) is 0 Å². The molecule has 2 saturated heterocycles. The molecule has 2 aromatic heterocycles. The summed E-state index contributed by atoms with van der Waals surface area (Å²) in [5.41, 5.74) is 4.49. The highest BCUT2D eigenvalue weighted by Crippen LogP contribution is 2.40. The van der Waals surface area contributed by atoms with Crippen LogP contribution < -0.4 is 31.1 Å². The number of rotatable bonds is 12. The van der Waals surface area contributed by atoms with Crippen molar-refractivity contribution in [3.05, 3.63) is 85.8 Å². The average molecular weight is 913 g/mol. The maximum absolute atomic E-state index is 13.3. The molecule has 3 fully saturated rings. The molecule has 1 aliphatic carbocycles. The van der Waals surface area contributed by atoms with Gasteiger partial charge in [-0.15, -0.1) is 0 Å². The van der Waals surface area contributed by atoms with Gasteiger partial charge in [0, 0.05) is 80.5 Å². The summed E-state index contributed by atoms with van der Waals surface area (Å²) in [5.74, 6) is -0.173. The first kappa shape index (κ1) is 43.7. The van der Waals surface area contributed by atoms with Gasteiger partial charge < -0.3 is 34.5 Å². The van der Waals surface area contributed by atoms with Crippen LogP contribution in [0.4, 0.5) is 17.5 Å². The van der Waals surface area contributed by atoms with Crippen molar-refractivity contribution in [2.45, 2.75) is 95.7 Å². The molecule has 0 radical (unpaired) electrons. The molecule has 9 rings (SSSR count). The van der Waals surface area contributed by atoms with Gasteiger partial charge in [-0.25, -0.2) is 4.98 Å². The zero-order valence-corrected chi connectivity index (χ0v) is 37.5. The van der Waals surface area contributed by atoms with Crippen molar-refractivity contribution in [2.75, 3.05) is 50.1 Å². The number of ether oxygens (including phenoxy) is 2. The Bertz CT molecular complexity index is 2620. The number of nitrogens with one attached hydrogen (secondary N) is 3. The van der Waals surface area contributed by atoms with Crippen LogP contribution in [0.5, 0.6) is 5.75 Å². The van der Waals surface area contributed by atoms with Crippen molar-refractivity contribution in [3.8, 4) is 5.75 Å². The maximum atomic E-state index is 13.3. The van der Waals surface area contributed by atoms with Crippen LogP contribution in [0.2, 0.25) is 10.0 Å². The molecular weight excluding hydrogens is 861 g/mol. The van der Waals surface area contributed by atoms with Gasteiger partial charge in [-0.3, -0.25) is 34.2 Å². The summed E-state index contributed by atoms with van der Waals surface area (Å²) in [4.78, 5) is 78.1. The summed E-state index contributed by atoms with van der Waals surface area (Å²) >= 11 is 13.6. The second-order valence-electron chi connectivity index (χ2n) is 17.4. The molecule has 0 spiro atoms. The number of hydrogen-bond acceptors (Lipinski definition) is 12. The Morgan fingerprint density at radius 3 is 2.47 bits per heavy atom. The first-order valence-electron chi connectivity index (χ1n) is 22.0. The molecule has 1 saturated carbocycles. The smallest absolute Gasteiger partial charge is 0.293 e. The zero-order chi connectivity index (χ0) is 44.8. The third-order valence-corrected chi connectivity index (χ3v) is 13.8. The van der Waals surface area contributed by atoms with Gasteiger partial charge in [-0.1, -0.05) is 35.3 Å². The van der Waals surface area contributed by atoms with Crippen LogP contribution in [-0.4, -0.2) is 112 Å². The highest BCUT2D eigenvalue weighted by atomic mass is 35.5. The molecule has 6 heterocycles. The Morgan fingerprint density at radius 1 is 0.969 bits per heavy atom. The second kappa shape index (κ2) is 18.1. The van der Waals surface area contributed by atoms with E-state index in [1.54, 1.807) is 16.8 Å². The number of carbonyl (C=O) groups is 4. The van der Waals surface area contributed by atoms with Gasteiger partial charge in [0.25, 0.3) is 17.4 Å². The number of carbonyl (C=O) groups excluding carboxylic acids is 4.